The van der Waals surface area contributed by atoms with Crippen molar-refractivity contribution < 1.29 is 0 Å². The van der Waals surface area contributed by atoms with Crippen molar-refractivity contribution in [2.24, 2.45) is 0 Å². The molecule has 0 aliphatic heterocycles. The molecule has 0 aliphatic carbocycles. The Morgan fingerprint density at radius 2 is 0.911 bits per heavy atom. The fraction of sp³-hybridized carbons (Fsp3) is 0. The molecule has 0 bridgehead atoms. The Morgan fingerprint density at radius 3 is 1.67 bits per heavy atom. The Bertz CT molecular complexity index is 2480. The molecule has 0 fully saturated rings. The first kappa shape index (κ1) is 26.0. The first-order valence-corrected chi connectivity index (χ1v) is 16.7. The number of rotatable bonds is 4. The zero-order valence-electron chi connectivity index (χ0n) is 24.2. The van der Waals surface area contributed by atoms with Gasteiger partial charge in [0.15, 0.2) is 0 Å². The van der Waals surface area contributed by atoms with Crippen molar-refractivity contribution in [2.75, 3.05) is 0 Å². The molecule has 0 atom stereocenters. The topological polar surface area (TPSA) is 38.7 Å². The average molecular weight is 639 g/mol. The molecule has 2 aromatic heterocycles. The number of hydrogen-bond donors (Lipinski definition) is 0. The molecule has 7 aromatic carbocycles. The van der Waals surface area contributed by atoms with E-state index in [1.165, 1.54) is 46.4 Å². The first-order chi connectivity index (χ1) is 22.3. The number of fused-ring (bicyclic) bond motifs is 7. The van der Waals surface area contributed by atoms with E-state index in [0.29, 0.717) is 17.5 Å². The summed E-state index contributed by atoms with van der Waals surface area (Å²) in [6, 6.07) is 53.7. The molecule has 0 amide bonds. The second-order valence-electron chi connectivity index (χ2n) is 11.3. The van der Waals surface area contributed by atoms with Crippen LogP contribution in [-0.4, -0.2) is 29.5 Å². The Hall–Kier alpha value is -5.41. The van der Waals surface area contributed by atoms with Crippen LogP contribution in [0.3, 0.4) is 0 Å². The summed E-state index contributed by atoms with van der Waals surface area (Å²) in [5.74, 6) is 1.99. The van der Waals surface area contributed by atoms with Crippen LogP contribution < -0.4 is 0 Å². The van der Waals surface area contributed by atoms with Gasteiger partial charge in [0.05, 0.1) is 0 Å². The fourth-order valence-corrected chi connectivity index (χ4v) is 8.94. The summed E-state index contributed by atoms with van der Waals surface area (Å²) in [5.41, 5.74) is 5.20. The number of hydrogen-bond acceptors (Lipinski definition) is 3. The van der Waals surface area contributed by atoms with Crippen LogP contribution in [0.15, 0.2) is 152 Å². The van der Waals surface area contributed by atoms with Gasteiger partial charge in [-0.15, -0.1) is 0 Å². The maximum atomic E-state index is 4.96. The van der Waals surface area contributed by atoms with Gasteiger partial charge >= 0.3 is 207 Å². The molecular weight excluding hydrogens is 613 g/mol. The molecule has 45 heavy (non-hydrogen) atoms. The van der Waals surface area contributed by atoms with Crippen LogP contribution in [0.5, 0.6) is 0 Å². The molecule has 210 valence electrons. The van der Waals surface area contributed by atoms with Crippen molar-refractivity contribution in [3.8, 4) is 45.3 Å². The molecule has 3 nitrogen and oxygen atoms in total. The van der Waals surface area contributed by atoms with Crippen LogP contribution in [0.4, 0.5) is 0 Å². The Balaban J connectivity index is 1.21. The van der Waals surface area contributed by atoms with Gasteiger partial charge in [-0.2, -0.15) is 0 Å². The summed E-state index contributed by atoms with van der Waals surface area (Å²) in [5, 5.41) is 8.03. The minimum atomic E-state index is 0.279. The largest absolute Gasteiger partial charge is 0.0615 e. The summed E-state index contributed by atoms with van der Waals surface area (Å²) < 4.78 is 2.96. The molecule has 9 rings (SSSR count). The van der Waals surface area contributed by atoms with Gasteiger partial charge in [0.2, 0.25) is 0 Å². The van der Waals surface area contributed by atoms with Gasteiger partial charge in [0.1, 0.15) is 0 Å². The van der Waals surface area contributed by atoms with E-state index in [1.807, 2.05) is 60.7 Å². The molecule has 9 aromatic rings. The second-order valence-corrected chi connectivity index (χ2v) is 13.5. The number of benzene rings is 7. The summed E-state index contributed by atoms with van der Waals surface area (Å²) >= 11 is 0.279. The van der Waals surface area contributed by atoms with Crippen LogP contribution in [0, 0.1) is 0 Å². The van der Waals surface area contributed by atoms with Gasteiger partial charge in [-0.1, -0.05) is 60.7 Å². The molecule has 0 saturated carbocycles. The molecule has 0 N–H and O–H groups in total. The summed E-state index contributed by atoms with van der Waals surface area (Å²) in [6.45, 7) is 0. The van der Waals surface area contributed by atoms with Crippen molar-refractivity contribution in [1.82, 2.24) is 15.0 Å². The van der Waals surface area contributed by atoms with E-state index in [4.69, 9.17) is 15.0 Å². The Kier molecular flexibility index (Phi) is 6.15. The van der Waals surface area contributed by atoms with Gasteiger partial charge in [-0.3, -0.25) is 0 Å². The van der Waals surface area contributed by atoms with Gasteiger partial charge in [0.25, 0.3) is 0 Å². The summed E-state index contributed by atoms with van der Waals surface area (Å²) in [4.78, 5) is 14.8. The maximum Gasteiger partial charge on any atom is -0.0512 e. The van der Waals surface area contributed by atoms with Crippen molar-refractivity contribution in [2.45, 2.75) is 0 Å². The minimum Gasteiger partial charge on any atom is -0.0615 e. The van der Waals surface area contributed by atoms with Crippen molar-refractivity contribution in [3.63, 3.8) is 0 Å². The van der Waals surface area contributed by atoms with Crippen LogP contribution in [-0.2, 0) is 0 Å². The molecular formula is C41H25N3Se. The van der Waals surface area contributed by atoms with Crippen LogP contribution >= 0.6 is 0 Å². The van der Waals surface area contributed by atoms with Crippen molar-refractivity contribution >= 4 is 55.3 Å². The van der Waals surface area contributed by atoms with Gasteiger partial charge < -0.3 is 0 Å². The van der Waals surface area contributed by atoms with E-state index in [9.17, 15) is 0 Å². The molecule has 0 radical (unpaired) electrons. The van der Waals surface area contributed by atoms with E-state index in [2.05, 4.69) is 91.0 Å². The van der Waals surface area contributed by atoms with E-state index in [-0.39, 0.29) is 14.5 Å². The SMILES string of the molecule is c1ccc(-c2nc(-c3ccccc3)nc(-c3cccc(-c4ccc5ccc6ccc7c8ccccc8[se]c7c6c5c4)c3)n2)cc1. The summed E-state index contributed by atoms with van der Waals surface area (Å²) in [7, 11) is 0. The third-order valence-electron chi connectivity index (χ3n) is 8.50. The van der Waals surface area contributed by atoms with Crippen LogP contribution in [0.25, 0.3) is 86.1 Å². The molecule has 0 unspecified atom stereocenters. The smallest absolute Gasteiger partial charge is 0.0512 e. The van der Waals surface area contributed by atoms with Gasteiger partial charge in [-0.05, 0) is 0 Å². The van der Waals surface area contributed by atoms with Gasteiger partial charge in [0, 0.05) is 0 Å². The third-order valence-corrected chi connectivity index (χ3v) is 11.0. The van der Waals surface area contributed by atoms with E-state index >= 15 is 0 Å². The quantitative estimate of drug-likeness (QED) is 0.142. The number of nitrogens with zero attached hydrogens (tertiary/aromatic N) is 3. The summed E-state index contributed by atoms with van der Waals surface area (Å²) in [6.07, 6.45) is 0. The second kappa shape index (κ2) is 10.6. The standard InChI is InChI=1S/C41H25N3Se/c1-3-10-28(11-4-1)39-42-40(29-12-5-2-6-13-29)44-41(43-39)32-15-9-14-30(24-32)31-21-19-26-18-20-27-22-23-34-33-16-7-8-17-36(33)45-38(34)37(27)35(26)25-31/h1-25H. The van der Waals surface area contributed by atoms with Crippen LogP contribution in [0.1, 0.15) is 0 Å². The predicted molar refractivity (Wildman–Crippen MR) is 189 cm³/mol. The fourth-order valence-electron chi connectivity index (χ4n) is 6.27. The predicted octanol–water partition coefficient (Wildman–Crippen LogP) is 10.2. The molecule has 0 spiro atoms. The van der Waals surface area contributed by atoms with E-state index < -0.39 is 0 Å². The Morgan fingerprint density at radius 1 is 0.356 bits per heavy atom. The average Bonchev–Trinajstić information content (AvgIpc) is 3.51. The zero-order valence-corrected chi connectivity index (χ0v) is 25.9. The van der Waals surface area contributed by atoms with Crippen molar-refractivity contribution in [3.05, 3.63) is 152 Å². The molecule has 0 saturated heterocycles. The Labute approximate surface area is 266 Å². The van der Waals surface area contributed by atoms with Crippen LogP contribution in [0.2, 0.25) is 0 Å². The third kappa shape index (κ3) is 4.55. The van der Waals surface area contributed by atoms with Crippen molar-refractivity contribution in [1.29, 1.82) is 0 Å². The maximum absolute atomic E-state index is 4.96. The first-order valence-electron chi connectivity index (χ1n) is 15.0. The minimum absolute atomic E-state index is 0.279. The monoisotopic (exact) mass is 639 g/mol. The van der Waals surface area contributed by atoms with Gasteiger partial charge in [-0.25, -0.2) is 0 Å². The molecule has 2 heterocycles. The van der Waals surface area contributed by atoms with E-state index in [1.54, 1.807) is 0 Å². The zero-order chi connectivity index (χ0) is 29.7. The normalized spacial score (nSPS) is 11.6. The molecule has 4 heteroatoms. The molecule has 0 aliphatic rings. The number of aromatic nitrogens is 3. The van der Waals surface area contributed by atoms with E-state index in [0.717, 1.165) is 22.3 Å².